The molecule has 26 heavy (non-hydrogen) atoms. The minimum Gasteiger partial charge on any atom is -0.491 e. The summed E-state index contributed by atoms with van der Waals surface area (Å²) in [5.74, 6) is 0.419. The summed E-state index contributed by atoms with van der Waals surface area (Å²) in [5, 5.41) is 1.12. The smallest absolute Gasteiger partial charge is 0.337 e. The largest absolute Gasteiger partial charge is 0.491 e. The maximum Gasteiger partial charge on any atom is 0.337 e. The van der Waals surface area contributed by atoms with Crippen molar-refractivity contribution in [3.63, 3.8) is 0 Å². The van der Waals surface area contributed by atoms with Crippen molar-refractivity contribution in [3.05, 3.63) is 39.8 Å². The fourth-order valence-corrected chi connectivity index (χ4v) is 2.95. The number of rotatable bonds is 8. The summed E-state index contributed by atoms with van der Waals surface area (Å²) in [6.07, 6.45) is 1.89. The Balaban J connectivity index is 2.76. The summed E-state index contributed by atoms with van der Waals surface area (Å²) in [6.45, 7) is 7.46. The molecule has 0 radical (unpaired) electrons. The molecule has 6 nitrogen and oxygen atoms in total. The van der Waals surface area contributed by atoms with Gasteiger partial charge in [0.05, 0.1) is 30.4 Å². The number of methoxy groups -OCH3 is 1. The van der Waals surface area contributed by atoms with E-state index in [0.717, 1.165) is 12.8 Å². The number of ether oxygens (including phenoxy) is 2. The molecule has 0 aliphatic heterocycles. The second-order valence-corrected chi connectivity index (χ2v) is 6.74. The van der Waals surface area contributed by atoms with Gasteiger partial charge in [-0.25, -0.2) is 4.79 Å². The van der Waals surface area contributed by atoms with E-state index in [1.807, 2.05) is 0 Å². The fourth-order valence-electron chi connectivity index (χ4n) is 2.95. The summed E-state index contributed by atoms with van der Waals surface area (Å²) in [7, 11) is 1.33. The normalized spacial score (nSPS) is 11.2. The molecular formula is C20H28N2O4. The van der Waals surface area contributed by atoms with E-state index in [-0.39, 0.29) is 18.0 Å². The van der Waals surface area contributed by atoms with Gasteiger partial charge in [-0.05, 0) is 30.5 Å². The van der Waals surface area contributed by atoms with Gasteiger partial charge in [0.1, 0.15) is 5.75 Å². The molecule has 0 unspecified atom stereocenters. The van der Waals surface area contributed by atoms with Crippen LogP contribution in [0.2, 0.25) is 0 Å². The number of carbonyl (C=O) groups is 1. The number of nitrogens with zero attached hydrogens (tertiary/aromatic N) is 1. The summed E-state index contributed by atoms with van der Waals surface area (Å²) < 4.78 is 12.5. The molecule has 0 fully saturated rings. The SMILES string of the molecule is CCCCOc1c(CN)n(CC(C)C)c(=O)c2ccc(C(=O)OC)cc12. The third-order valence-electron chi connectivity index (χ3n) is 4.23. The van der Waals surface area contributed by atoms with Crippen LogP contribution in [0.5, 0.6) is 5.75 Å². The number of carbonyl (C=O) groups excluding carboxylic acids is 1. The minimum absolute atomic E-state index is 0.117. The van der Waals surface area contributed by atoms with E-state index < -0.39 is 5.97 Å². The number of benzene rings is 1. The van der Waals surface area contributed by atoms with Crippen molar-refractivity contribution >= 4 is 16.7 Å². The number of aromatic nitrogens is 1. The van der Waals surface area contributed by atoms with Crippen LogP contribution in [0.1, 0.15) is 49.7 Å². The predicted molar refractivity (Wildman–Crippen MR) is 103 cm³/mol. The molecule has 2 N–H and O–H groups in total. The molecule has 0 amide bonds. The lowest BCUT2D eigenvalue weighted by atomic mass is 10.0. The van der Waals surface area contributed by atoms with E-state index in [1.165, 1.54) is 7.11 Å². The van der Waals surface area contributed by atoms with E-state index in [1.54, 1.807) is 22.8 Å². The fraction of sp³-hybridized carbons (Fsp3) is 0.500. The highest BCUT2D eigenvalue weighted by atomic mass is 16.5. The van der Waals surface area contributed by atoms with Crippen LogP contribution in [0.4, 0.5) is 0 Å². The maximum absolute atomic E-state index is 13.0. The molecule has 142 valence electrons. The summed E-state index contributed by atoms with van der Waals surface area (Å²) in [5.41, 5.74) is 6.91. The maximum atomic E-state index is 13.0. The molecule has 0 bridgehead atoms. The molecule has 0 saturated carbocycles. The quantitative estimate of drug-likeness (QED) is 0.578. The Bertz CT molecular complexity index is 840. The predicted octanol–water partition coefficient (Wildman–Crippen LogP) is 3.08. The first-order chi connectivity index (χ1) is 12.4. The van der Waals surface area contributed by atoms with Gasteiger partial charge in [0.15, 0.2) is 0 Å². The second kappa shape index (κ2) is 8.85. The zero-order valence-corrected chi connectivity index (χ0v) is 16.0. The minimum atomic E-state index is -0.452. The van der Waals surface area contributed by atoms with Crippen molar-refractivity contribution in [1.82, 2.24) is 4.57 Å². The number of hydrogen-bond acceptors (Lipinski definition) is 5. The Kier molecular flexibility index (Phi) is 6.80. The van der Waals surface area contributed by atoms with Crippen LogP contribution in [0.3, 0.4) is 0 Å². The lowest BCUT2D eigenvalue weighted by molar-refractivity contribution is 0.0601. The van der Waals surface area contributed by atoms with Crippen LogP contribution >= 0.6 is 0 Å². The number of nitrogens with two attached hydrogens (primary N) is 1. The van der Waals surface area contributed by atoms with Gasteiger partial charge in [-0.15, -0.1) is 0 Å². The van der Waals surface area contributed by atoms with Crippen molar-refractivity contribution in [3.8, 4) is 5.75 Å². The molecule has 1 aromatic heterocycles. The number of esters is 1. The average Bonchev–Trinajstić information content (AvgIpc) is 2.63. The van der Waals surface area contributed by atoms with Crippen molar-refractivity contribution in [1.29, 1.82) is 0 Å². The molecule has 0 aliphatic rings. The van der Waals surface area contributed by atoms with Gasteiger partial charge in [-0.3, -0.25) is 4.79 Å². The van der Waals surface area contributed by atoms with Gasteiger partial charge < -0.3 is 19.8 Å². The molecule has 1 heterocycles. The molecule has 0 spiro atoms. The van der Waals surface area contributed by atoms with Crippen molar-refractivity contribution < 1.29 is 14.3 Å². The van der Waals surface area contributed by atoms with Gasteiger partial charge in [-0.2, -0.15) is 0 Å². The van der Waals surface area contributed by atoms with Crippen LogP contribution in [0.15, 0.2) is 23.0 Å². The van der Waals surface area contributed by atoms with E-state index >= 15 is 0 Å². The van der Waals surface area contributed by atoms with Crippen LogP contribution in [0, 0.1) is 5.92 Å². The highest BCUT2D eigenvalue weighted by Gasteiger charge is 2.19. The Morgan fingerprint density at radius 1 is 1.27 bits per heavy atom. The summed E-state index contributed by atoms with van der Waals surface area (Å²) >= 11 is 0. The second-order valence-electron chi connectivity index (χ2n) is 6.74. The van der Waals surface area contributed by atoms with Crippen molar-refractivity contribution in [2.75, 3.05) is 13.7 Å². The Morgan fingerprint density at radius 2 is 2.00 bits per heavy atom. The van der Waals surface area contributed by atoms with E-state index in [2.05, 4.69) is 20.8 Å². The molecule has 2 rings (SSSR count). The number of pyridine rings is 1. The van der Waals surface area contributed by atoms with E-state index in [9.17, 15) is 9.59 Å². The molecule has 0 atom stereocenters. The van der Waals surface area contributed by atoms with Crippen molar-refractivity contribution in [2.24, 2.45) is 11.7 Å². The lowest BCUT2D eigenvalue weighted by Crippen LogP contribution is -2.28. The summed E-state index contributed by atoms with van der Waals surface area (Å²) in [6, 6.07) is 4.92. The van der Waals surface area contributed by atoms with Gasteiger partial charge >= 0.3 is 5.97 Å². The topological polar surface area (TPSA) is 83.5 Å². The van der Waals surface area contributed by atoms with Crippen LogP contribution < -0.4 is 16.0 Å². The first kappa shape index (κ1) is 20.0. The molecule has 6 heteroatoms. The van der Waals surface area contributed by atoms with Gasteiger partial charge in [0.25, 0.3) is 5.56 Å². The van der Waals surface area contributed by atoms with Crippen LogP contribution in [-0.2, 0) is 17.8 Å². The zero-order chi connectivity index (χ0) is 19.3. The van der Waals surface area contributed by atoms with Gasteiger partial charge in [0, 0.05) is 18.5 Å². The molecule has 2 aromatic rings. The number of fused-ring (bicyclic) bond motifs is 1. The third kappa shape index (κ3) is 4.07. The Labute approximate surface area is 153 Å². The highest BCUT2D eigenvalue weighted by molar-refractivity contribution is 5.97. The first-order valence-corrected chi connectivity index (χ1v) is 9.05. The Morgan fingerprint density at radius 3 is 2.58 bits per heavy atom. The van der Waals surface area contributed by atoms with Crippen LogP contribution in [-0.4, -0.2) is 24.3 Å². The van der Waals surface area contributed by atoms with Crippen LogP contribution in [0.25, 0.3) is 10.8 Å². The lowest BCUT2D eigenvalue weighted by Gasteiger charge is -2.20. The van der Waals surface area contributed by atoms with Gasteiger partial charge in [0.2, 0.25) is 0 Å². The first-order valence-electron chi connectivity index (χ1n) is 9.05. The molecular weight excluding hydrogens is 332 g/mol. The van der Waals surface area contributed by atoms with Crippen molar-refractivity contribution in [2.45, 2.75) is 46.7 Å². The zero-order valence-electron chi connectivity index (χ0n) is 16.0. The number of unbranched alkanes of at least 4 members (excludes halogenated alkanes) is 1. The van der Waals surface area contributed by atoms with E-state index in [0.29, 0.717) is 40.9 Å². The highest BCUT2D eigenvalue weighted by Crippen LogP contribution is 2.29. The van der Waals surface area contributed by atoms with E-state index in [4.69, 9.17) is 15.2 Å². The average molecular weight is 360 g/mol. The standard InChI is InChI=1S/C20H28N2O4/c1-5-6-9-26-18-16-10-14(20(24)25-4)7-8-15(16)19(23)22(12-13(2)3)17(18)11-21/h7-8,10,13H,5-6,9,11-12,21H2,1-4H3. The van der Waals surface area contributed by atoms with Gasteiger partial charge in [-0.1, -0.05) is 27.2 Å². The monoisotopic (exact) mass is 360 g/mol. The molecule has 0 saturated heterocycles. The third-order valence-corrected chi connectivity index (χ3v) is 4.23. The summed E-state index contributed by atoms with van der Waals surface area (Å²) in [4.78, 5) is 24.9. The number of hydrogen-bond donors (Lipinski definition) is 1. The Hall–Kier alpha value is -2.34. The molecule has 1 aromatic carbocycles. The molecule has 0 aliphatic carbocycles.